The minimum atomic E-state index is -1.61. The maximum absolute atomic E-state index is 12.0. The molecule has 4 rings (SSSR count). The number of carbonyl (C=O) groups is 2. The highest BCUT2D eigenvalue weighted by atomic mass is 16.5. The molecule has 6 nitrogen and oxygen atoms in total. The zero-order valence-corrected chi connectivity index (χ0v) is 17.0. The van der Waals surface area contributed by atoms with Crippen LogP contribution >= 0.6 is 0 Å². The van der Waals surface area contributed by atoms with E-state index in [4.69, 9.17) is 4.74 Å². The van der Waals surface area contributed by atoms with Crippen LogP contribution < -0.4 is 0 Å². The first-order valence-electron chi connectivity index (χ1n) is 10.5. The third-order valence-corrected chi connectivity index (χ3v) is 8.99. The van der Waals surface area contributed by atoms with Crippen molar-refractivity contribution in [2.45, 2.75) is 76.6 Å². The number of hydrogen-bond acceptors (Lipinski definition) is 6. The molecule has 8 atom stereocenters. The third-order valence-electron chi connectivity index (χ3n) is 8.99. The number of aliphatic hydroxyl groups is 3. The lowest BCUT2D eigenvalue weighted by molar-refractivity contribution is -0.211. The van der Waals surface area contributed by atoms with Crippen LogP contribution in [0.4, 0.5) is 0 Å². The van der Waals surface area contributed by atoms with E-state index in [0.29, 0.717) is 25.7 Å². The first kappa shape index (κ1) is 20.0. The van der Waals surface area contributed by atoms with E-state index in [1.54, 1.807) is 6.08 Å². The summed E-state index contributed by atoms with van der Waals surface area (Å²) < 4.78 is 4.69. The van der Waals surface area contributed by atoms with Crippen LogP contribution in [0.2, 0.25) is 0 Å². The molecule has 0 heterocycles. The Morgan fingerprint density at radius 3 is 2.64 bits per heavy atom. The van der Waals surface area contributed by atoms with Gasteiger partial charge in [0.1, 0.15) is 5.60 Å². The molecular formula is C22H32O6. The van der Waals surface area contributed by atoms with E-state index in [1.807, 2.05) is 6.92 Å². The van der Waals surface area contributed by atoms with Gasteiger partial charge in [-0.1, -0.05) is 19.4 Å². The van der Waals surface area contributed by atoms with Crippen LogP contribution in [0, 0.1) is 28.6 Å². The van der Waals surface area contributed by atoms with Crippen molar-refractivity contribution in [1.29, 1.82) is 0 Å². The van der Waals surface area contributed by atoms with Gasteiger partial charge in [-0.3, -0.25) is 4.79 Å². The second-order valence-corrected chi connectivity index (χ2v) is 9.97. The van der Waals surface area contributed by atoms with Crippen molar-refractivity contribution in [3.63, 3.8) is 0 Å². The standard InChI is InChI=1S/C22H32O6/c1-20-8-6-13(23)10-12(20)4-5-14-15-7-9-22(27,18(25)19(26)28-3)21(15,2)11-16(24)17(14)20/h10,14-18,24-25,27H,4-9,11H2,1-3H3/t14-,15-,16-,17+,18-,20-,21-,22-/m0/s1. The topological polar surface area (TPSA) is 104 Å². The number of rotatable bonds is 2. The third kappa shape index (κ3) is 2.44. The van der Waals surface area contributed by atoms with Crippen molar-refractivity contribution in [3.8, 4) is 0 Å². The molecule has 0 radical (unpaired) electrons. The Bertz CT molecular complexity index is 731. The van der Waals surface area contributed by atoms with Crippen LogP contribution in [0.5, 0.6) is 0 Å². The fourth-order valence-electron chi connectivity index (χ4n) is 7.48. The van der Waals surface area contributed by atoms with Gasteiger partial charge in [-0.05, 0) is 67.8 Å². The largest absolute Gasteiger partial charge is 0.467 e. The number of aliphatic hydroxyl groups excluding tert-OH is 2. The first-order chi connectivity index (χ1) is 13.1. The Morgan fingerprint density at radius 2 is 1.96 bits per heavy atom. The van der Waals surface area contributed by atoms with Crippen molar-refractivity contribution < 1.29 is 29.6 Å². The van der Waals surface area contributed by atoms with Gasteiger partial charge in [0, 0.05) is 11.8 Å². The lowest BCUT2D eigenvalue weighted by atomic mass is 9.45. The highest BCUT2D eigenvalue weighted by Gasteiger charge is 2.69. The van der Waals surface area contributed by atoms with Crippen molar-refractivity contribution >= 4 is 11.8 Å². The number of carbonyl (C=O) groups excluding carboxylic acids is 2. The summed E-state index contributed by atoms with van der Waals surface area (Å²) in [5.74, 6) is -0.300. The molecule has 0 amide bonds. The molecular weight excluding hydrogens is 360 g/mol. The molecule has 3 N–H and O–H groups in total. The Balaban J connectivity index is 1.71. The van der Waals surface area contributed by atoms with Gasteiger partial charge in [-0.15, -0.1) is 0 Å². The van der Waals surface area contributed by atoms with E-state index in [1.165, 1.54) is 7.11 Å². The zero-order chi connectivity index (χ0) is 20.5. The van der Waals surface area contributed by atoms with Crippen molar-refractivity contribution in [3.05, 3.63) is 11.6 Å². The van der Waals surface area contributed by atoms with Crippen LogP contribution in [0.15, 0.2) is 11.6 Å². The quantitative estimate of drug-likeness (QED) is 0.619. The van der Waals surface area contributed by atoms with Crippen LogP contribution in [0.25, 0.3) is 0 Å². The molecule has 0 saturated heterocycles. The highest BCUT2D eigenvalue weighted by Crippen LogP contribution is 2.68. The molecule has 3 saturated carbocycles. The van der Waals surface area contributed by atoms with Crippen molar-refractivity contribution in [1.82, 2.24) is 0 Å². The number of hydrogen-bond donors (Lipinski definition) is 3. The Morgan fingerprint density at radius 1 is 1.25 bits per heavy atom. The molecule has 0 spiro atoms. The van der Waals surface area contributed by atoms with E-state index in [-0.39, 0.29) is 29.0 Å². The van der Waals surface area contributed by atoms with E-state index in [0.717, 1.165) is 24.8 Å². The van der Waals surface area contributed by atoms with Crippen LogP contribution in [0.3, 0.4) is 0 Å². The number of ketones is 1. The molecule has 0 aromatic carbocycles. The van der Waals surface area contributed by atoms with Gasteiger partial charge >= 0.3 is 5.97 Å². The average molecular weight is 392 g/mol. The van der Waals surface area contributed by atoms with Gasteiger partial charge in [0.05, 0.1) is 13.2 Å². The minimum Gasteiger partial charge on any atom is -0.467 e. The van der Waals surface area contributed by atoms with E-state index in [9.17, 15) is 24.9 Å². The molecule has 3 fully saturated rings. The summed E-state index contributed by atoms with van der Waals surface area (Å²) in [6.45, 7) is 4.09. The van der Waals surface area contributed by atoms with Gasteiger partial charge in [0.2, 0.25) is 0 Å². The molecule has 28 heavy (non-hydrogen) atoms. The van der Waals surface area contributed by atoms with Gasteiger partial charge in [0.25, 0.3) is 0 Å². The maximum Gasteiger partial charge on any atom is 0.337 e. The van der Waals surface area contributed by atoms with Crippen LogP contribution in [-0.4, -0.2) is 52.0 Å². The average Bonchev–Trinajstić information content (AvgIpc) is 2.92. The van der Waals surface area contributed by atoms with Crippen molar-refractivity contribution in [2.75, 3.05) is 7.11 Å². The summed E-state index contributed by atoms with van der Waals surface area (Å²) >= 11 is 0. The number of methoxy groups -OCH3 is 1. The number of ether oxygens (including phenoxy) is 1. The molecule has 4 aliphatic rings. The summed E-state index contributed by atoms with van der Waals surface area (Å²) in [7, 11) is 1.20. The molecule has 6 heteroatoms. The maximum atomic E-state index is 12.0. The van der Waals surface area contributed by atoms with Crippen LogP contribution in [0.1, 0.15) is 58.8 Å². The minimum absolute atomic E-state index is 0.0382. The van der Waals surface area contributed by atoms with E-state index >= 15 is 0 Å². The summed E-state index contributed by atoms with van der Waals surface area (Å²) in [6, 6.07) is 0. The second-order valence-electron chi connectivity index (χ2n) is 9.97. The first-order valence-corrected chi connectivity index (χ1v) is 10.5. The fraction of sp³-hybridized carbons (Fsp3) is 0.818. The lowest BCUT2D eigenvalue weighted by Crippen LogP contribution is -2.63. The summed E-state index contributed by atoms with van der Waals surface area (Å²) in [6.07, 6.45) is 3.87. The van der Waals surface area contributed by atoms with Crippen molar-refractivity contribution in [2.24, 2.45) is 28.6 Å². The number of fused-ring (bicyclic) bond motifs is 5. The molecule has 0 bridgehead atoms. The normalized spacial score (nSPS) is 48.8. The predicted octanol–water partition coefficient (Wildman–Crippen LogP) is 1.75. The second kappa shape index (κ2) is 6.38. The summed E-state index contributed by atoms with van der Waals surface area (Å²) in [5.41, 5.74) is -1.39. The van der Waals surface area contributed by atoms with Crippen LogP contribution in [-0.2, 0) is 14.3 Å². The summed E-state index contributed by atoms with van der Waals surface area (Å²) in [4.78, 5) is 24.0. The van der Waals surface area contributed by atoms with E-state index < -0.39 is 29.2 Å². The predicted molar refractivity (Wildman–Crippen MR) is 101 cm³/mol. The lowest BCUT2D eigenvalue weighted by Gasteiger charge is -2.61. The summed E-state index contributed by atoms with van der Waals surface area (Å²) in [5, 5.41) is 33.3. The smallest absolute Gasteiger partial charge is 0.337 e. The number of esters is 1. The van der Waals surface area contributed by atoms with Gasteiger partial charge < -0.3 is 20.1 Å². The molecule has 4 aliphatic carbocycles. The molecule has 156 valence electrons. The molecule has 0 aromatic heterocycles. The highest BCUT2D eigenvalue weighted by molar-refractivity contribution is 5.91. The zero-order valence-electron chi connectivity index (χ0n) is 17.0. The van der Waals surface area contributed by atoms with Gasteiger partial charge in [-0.25, -0.2) is 4.79 Å². The molecule has 0 aliphatic heterocycles. The Labute approximate surface area is 166 Å². The Kier molecular flexibility index (Phi) is 4.57. The van der Waals surface area contributed by atoms with E-state index in [2.05, 4.69) is 6.92 Å². The fourth-order valence-corrected chi connectivity index (χ4v) is 7.48. The van der Waals surface area contributed by atoms with Gasteiger partial charge in [0.15, 0.2) is 11.9 Å². The number of allylic oxidation sites excluding steroid dienone is 1. The molecule has 0 unspecified atom stereocenters. The monoisotopic (exact) mass is 392 g/mol. The van der Waals surface area contributed by atoms with Gasteiger partial charge in [-0.2, -0.15) is 0 Å². The Hall–Kier alpha value is -1.24. The SMILES string of the molecule is COC(=O)[C@H](O)[C@@]1(O)CC[C@H]2[C@@H]3CCC4=CC(=O)CC[C@]4(C)[C@H]3[C@@H](O)C[C@@]21C. The molecule has 0 aromatic rings.